The lowest BCUT2D eigenvalue weighted by Gasteiger charge is -2.16. The molecule has 1 heterocycles. The average molecular weight is 382 g/mol. The Hall–Kier alpha value is -3.22. The zero-order chi connectivity index (χ0) is 19.6. The van der Waals surface area contributed by atoms with Crippen LogP contribution >= 0.6 is 0 Å². The maximum absolute atomic E-state index is 12.7. The van der Waals surface area contributed by atoms with Crippen LogP contribution in [-0.2, 0) is 16.0 Å². The molecule has 0 spiro atoms. The van der Waals surface area contributed by atoms with Crippen molar-refractivity contribution in [3.05, 3.63) is 48.0 Å². The number of benzene rings is 2. The molecule has 0 saturated heterocycles. The third kappa shape index (κ3) is 3.47. The predicted molar refractivity (Wildman–Crippen MR) is 103 cm³/mol. The molecule has 7 heteroatoms. The highest BCUT2D eigenvalue weighted by Crippen LogP contribution is 2.47. The first-order valence-electron chi connectivity index (χ1n) is 9.24. The third-order valence-electron chi connectivity index (χ3n) is 5.12. The van der Waals surface area contributed by atoms with E-state index in [4.69, 9.17) is 14.2 Å². The molecule has 4 rings (SSSR count). The second-order valence-electron chi connectivity index (χ2n) is 6.92. The van der Waals surface area contributed by atoms with E-state index in [2.05, 4.69) is 10.6 Å². The van der Waals surface area contributed by atoms with Crippen LogP contribution < -0.4 is 24.8 Å². The molecule has 146 valence electrons. The van der Waals surface area contributed by atoms with Crippen LogP contribution in [0.3, 0.4) is 0 Å². The van der Waals surface area contributed by atoms with Crippen molar-refractivity contribution in [1.29, 1.82) is 0 Å². The van der Waals surface area contributed by atoms with Crippen molar-refractivity contribution in [1.82, 2.24) is 5.32 Å². The minimum absolute atomic E-state index is 0.172. The number of fused-ring (bicyclic) bond motifs is 1. The minimum atomic E-state index is -0.989. The highest BCUT2D eigenvalue weighted by molar-refractivity contribution is 6.13. The third-order valence-corrected chi connectivity index (χ3v) is 5.12. The van der Waals surface area contributed by atoms with Gasteiger partial charge >= 0.3 is 0 Å². The Morgan fingerprint density at radius 3 is 2.64 bits per heavy atom. The largest absolute Gasteiger partial charge is 0.496 e. The molecule has 28 heavy (non-hydrogen) atoms. The summed E-state index contributed by atoms with van der Waals surface area (Å²) in [6, 6.07) is 12.9. The quantitative estimate of drug-likeness (QED) is 0.719. The van der Waals surface area contributed by atoms with Gasteiger partial charge in [-0.15, -0.1) is 0 Å². The Morgan fingerprint density at radius 1 is 1.07 bits per heavy atom. The summed E-state index contributed by atoms with van der Waals surface area (Å²) in [6.45, 7) is 0.615. The number of hydrogen-bond donors (Lipinski definition) is 2. The standard InChI is InChI=1S/C21H22N2O5/c1-26-16-5-3-2-4-14(16)8-11-22-19(24)21(9-10-21)20(25)23-15-6-7-17-18(12-15)28-13-27-17/h2-7,12H,8-11,13H2,1H3,(H,22,24)(H,23,25). The van der Waals surface area contributed by atoms with Gasteiger partial charge in [-0.05, 0) is 43.0 Å². The fourth-order valence-corrected chi connectivity index (χ4v) is 3.30. The monoisotopic (exact) mass is 382 g/mol. The van der Waals surface area contributed by atoms with E-state index in [1.54, 1.807) is 25.3 Å². The SMILES string of the molecule is COc1ccccc1CCNC(=O)C1(C(=O)Nc2ccc3c(c2)OCO3)CC1. The number of ether oxygens (including phenoxy) is 3. The number of carbonyl (C=O) groups excluding carboxylic acids is 2. The predicted octanol–water partition coefficient (Wildman–Crippen LogP) is 2.50. The summed E-state index contributed by atoms with van der Waals surface area (Å²) in [5.41, 5.74) is 0.610. The number of para-hydroxylation sites is 1. The molecule has 1 aliphatic carbocycles. The van der Waals surface area contributed by atoms with Gasteiger partial charge in [0, 0.05) is 18.3 Å². The molecule has 2 N–H and O–H groups in total. The maximum Gasteiger partial charge on any atom is 0.240 e. The molecule has 0 aromatic heterocycles. The van der Waals surface area contributed by atoms with Crippen molar-refractivity contribution in [2.75, 3.05) is 25.8 Å². The second kappa shape index (κ2) is 7.42. The van der Waals surface area contributed by atoms with E-state index < -0.39 is 5.41 Å². The van der Waals surface area contributed by atoms with Gasteiger partial charge in [0.2, 0.25) is 18.6 Å². The Labute approximate surface area is 163 Å². The molecule has 7 nitrogen and oxygen atoms in total. The summed E-state index contributed by atoms with van der Waals surface area (Å²) < 4.78 is 15.9. The molecular formula is C21H22N2O5. The topological polar surface area (TPSA) is 85.9 Å². The van der Waals surface area contributed by atoms with Crippen molar-refractivity contribution in [2.24, 2.45) is 5.41 Å². The summed E-state index contributed by atoms with van der Waals surface area (Å²) in [7, 11) is 1.62. The highest BCUT2D eigenvalue weighted by Gasteiger charge is 2.56. The Bertz CT molecular complexity index is 907. The van der Waals surface area contributed by atoms with Crippen LogP contribution in [0.1, 0.15) is 18.4 Å². The van der Waals surface area contributed by atoms with E-state index in [0.29, 0.717) is 43.0 Å². The van der Waals surface area contributed by atoms with Crippen LogP contribution in [-0.4, -0.2) is 32.3 Å². The van der Waals surface area contributed by atoms with Crippen molar-refractivity contribution in [3.8, 4) is 17.2 Å². The number of methoxy groups -OCH3 is 1. The Kier molecular flexibility index (Phi) is 4.81. The van der Waals surface area contributed by atoms with E-state index >= 15 is 0 Å². The molecule has 0 bridgehead atoms. The zero-order valence-electron chi connectivity index (χ0n) is 15.6. The Morgan fingerprint density at radius 2 is 1.86 bits per heavy atom. The van der Waals surface area contributed by atoms with Crippen LogP contribution in [0, 0.1) is 5.41 Å². The van der Waals surface area contributed by atoms with Gasteiger partial charge in [0.15, 0.2) is 11.5 Å². The van der Waals surface area contributed by atoms with Crippen LogP contribution in [0.5, 0.6) is 17.2 Å². The average Bonchev–Trinajstić information content (AvgIpc) is 3.40. The van der Waals surface area contributed by atoms with Crippen molar-refractivity contribution < 1.29 is 23.8 Å². The van der Waals surface area contributed by atoms with E-state index in [1.807, 2.05) is 24.3 Å². The van der Waals surface area contributed by atoms with Gasteiger partial charge in [0.25, 0.3) is 0 Å². The summed E-state index contributed by atoms with van der Waals surface area (Å²) >= 11 is 0. The van der Waals surface area contributed by atoms with Crippen LogP contribution in [0.4, 0.5) is 5.69 Å². The first kappa shape index (κ1) is 18.2. The lowest BCUT2D eigenvalue weighted by atomic mass is 10.0. The molecule has 0 radical (unpaired) electrons. The van der Waals surface area contributed by atoms with E-state index in [1.165, 1.54) is 0 Å². The van der Waals surface area contributed by atoms with E-state index in [-0.39, 0.29) is 18.6 Å². The van der Waals surface area contributed by atoms with Gasteiger partial charge in [0.1, 0.15) is 11.2 Å². The van der Waals surface area contributed by atoms with Gasteiger partial charge in [0.05, 0.1) is 7.11 Å². The summed E-state index contributed by atoms with van der Waals surface area (Å²) in [5, 5.41) is 5.72. The van der Waals surface area contributed by atoms with E-state index in [9.17, 15) is 9.59 Å². The lowest BCUT2D eigenvalue weighted by molar-refractivity contribution is -0.134. The van der Waals surface area contributed by atoms with Crippen LogP contribution in [0.15, 0.2) is 42.5 Å². The highest BCUT2D eigenvalue weighted by atomic mass is 16.7. The Balaban J connectivity index is 1.34. The summed E-state index contributed by atoms with van der Waals surface area (Å²) in [5.74, 6) is 1.50. The summed E-state index contributed by atoms with van der Waals surface area (Å²) in [4.78, 5) is 25.4. The van der Waals surface area contributed by atoms with Crippen LogP contribution in [0.25, 0.3) is 0 Å². The van der Waals surface area contributed by atoms with Crippen LogP contribution in [0.2, 0.25) is 0 Å². The maximum atomic E-state index is 12.7. The molecular weight excluding hydrogens is 360 g/mol. The normalized spacial score (nSPS) is 15.6. The molecule has 1 aliphatic heterocycles. The van der Waals surface area contributed by atoms with Crippen molar-refractivity contribution in [2.45, 2.75) is 19.3 Å². The molecule has 2 amide bonds. The number of carbonyl (C=O) groups is 2. The number of hydrogen-bond acceptors (Lipinski definition) is 5. The molecule has 1 fully saturated rings. The molecule has 0 atom stereocenters. The molecule has 2 aromatic rings. The van der Waals surface area contributed by atoms with Gasteiger partial charge in [-0.2, -0.15) is 0 Å². The van der Waals surface area contributed by atoms with E-state index in [0.717, 1.165) is 11.3 Å². The zero-order valence-corrected chi connectivity index (χ0v) is 15.6. The number of rotatable bonds is 7. The van der Waals surface area contributed by atoms with Crippen molar-refractivity contribution >= 4 is 17.5 Å². The fraction of sp³-hybridized carbons (Fsp3) is 0.333. The van der Waals surface area contributed by atoms with Gasteiger partial charge < -0.3 is 24.8 Å². The fourth-order valence-electron chi connectivity index (χ4n) is 3.30. The molecule has 1 saturated carbocycles. The van der Waals surface area contributed by atoms with Gasteiger partial charge in [-0.1, -0.05) is 18.2 Å². The molecule has 2 aromatic carbocycles. The number of amides is 2. The first-order chi connectivity index (χ1) is 13.6. The first-order valence-corrected chi connectivity index (χ1v) is 9.24. The minimum Gasteiger partial charge on any atom is -0.496 e. The van der Waals surface area contributed by atoms with Gasteiger partial charge in [-0.25, -0.2) is 0 Å². The molecule has 2 aliphatic rings. The molecule has 0 unspecified atom stereocenters. The van der Waals surface area contributed by atoms with Gasteiger partial charge in [-0.3, -0.25) is 9.59 Å². The van der Waals surface area contributed by atoms with Crippen molar-refractivity contribution in [3.63, 3.8) is 0 Å². The number of nitrogens with one attached hydrogen (secondary N) is 2. The smallest absolute Gasteiger partial charge is 0.240 e. The lowest BCUT2D eigenvalue weighted by Crippen LogP contribution is -2.40. The summed E-state index contributed by atoms with van der Waals surface area (Å²) in [6.07, 6.45) is 1.73. The second-order valence-corrected chi connectivity index (χ2v) is 6.92. The number of anilines is 1.